The van der Waals surface area contributed by atoms with E-state index >= 15 is 0 Å². The molecule has 0 aliphatic rings. The van der Waals surface area contributed by atoms with E-state index in [9.17, 15) is 4.79 Å². The zero-order valence-corrected chi connectivity index (χ0v) is 10.3. The average molecular weight is 234 g/mol. The SMILES string of the molecule is C=C(CN[C@@H](C)c1ccccn1)C(=O)OCC. The van der Waals surface area contributed by atoms with Crippen LogP contribution in [0.3, 0.4) is 0 Å². The fraction of sp³-hybridized carbons (Fsp3) is 0.385. The normalized spacial score (nSPS) is 11.9. The van der Waals surface area contributed by atoms with Crippen molar-refractivity contribution in [2.75, 3.05) is 13.2 Å². The Labute approximate surface area is 102 Å². The zero-order valence-electron chi connectivity index (χ0n) is 10.3. The molecule has 0 aliphatic carbocycles. The van der Waals surface area contributed by atoms with Crippen LogP contribution in [0.2, 0.25) is 0 Å². The van der Waals surface area contributed by atoms with Gasteiger partial charge in [-0.2, -0.15) is 0 Å². The molecule has 4 heteroatoms. The van der Waals surface area contributed by atoms with Gasteiger partial charge in [-0.05, 0) is 26.0 Å². The fourth-order valence-corrected chi connectivity index (χ4v) is 1.32. The molecule has 0 unspecified atom stereocenters. The smallest absolute Gasteiger partial charge is 0.334 e. The lowest BCUT2D eigenvalue weighted by Crippen LogP contribution is -2.25. The van der Waals surface area contributed by atoms with E-state index in [0.717, 1.165) is 5.69 Å². The summed E-state index contributed by atoms with van der Waals surface area (Å²) >= 11 is 0. The van der Waals surface area contributed by atoms with E-state index in [-0.39, 0.29) is 12.0 Å². The van der Waals surface area contributed by atoms with E-state index in [1.807, 2.05) is 25.1 Å². The maximum Gasteiger partial charge on any atom is 0.334 e. The second-order valence-electron chi connectivity index (χ2n) is 3.68. The first-order valence-electron chi connectivity index (χ1n) is 5.64. The van der Waals surface area contributed by atoms with Crippen molar-refractivity contribution in [1.82, 2.24) is 10.3 Å². The van der Waals surface area contributed by atoms with Gasteiger partial charge in [-0.1, -0.05) is 12.6 Å². The van der Waals surface area contributed by atoms with Crippen LogP contribution in [0.25, 0.3) is 0 Å². The number of pyridine rings is 1. The van der Waals surface area contributed by atoms with Gasteiger partial charge < -0.3 is 10.1 Å². The van der Waals surface area contributed by atoms with Gasteiger partial charge in [0.15, 0.2) is 0 Å². The van der Waals surface area contributed by atoms with Gasteiger partial charge in [0.1, 0.15) is 0 Å². The van der Waals surface area contributed by atoms with Crippen LogP contribution in [-0.2, 0) is 9.53 Å². The number of hydrogen-bond donors (Lipinski definition) is 1. The number of esters is 1. The molecule has 1 atom stereocenters. The van der Waals surface area contributed by atoms with Crippen LogP contribution >= 0.6 is 0 Å². The van der Waals surface area contributed by atoms with Crippen molar-refractivity contribution in [3.8, 4) is 0 Å². The molecule has 0 aromatic carbocycles. The van der Waals surface area contributed by atoms with E-state index in [4.69, 9.17) is 4.74 Å². The van der Waals surface area contributed by atoms with E-state index in [0.29, 0.717) is 18.7 Å². The minimum absolute atomic E-state index is 0.0716. The Balaban J connectivity index is 2.41. The summed E-state index contributed by atoms with van der Waals surface area (Å²) in [5.74, 6) is -0.353. The van der Waals surface area contributed by atoms with Gasteiger partial charge in [-0.15, -0.1) is 0 Å². The van der Waals surface area contributed by atoms with Crippen molar-refractivity contribution in [3.63, 3.8) is 0 Å². The number of carbonyl (C=O) groups excluding carboxylic acids is 1. The van der Waals surface area contributed by atoms with Crippen molar-refractivity contribution in [2.24, 2.45) is 0 Å². The molecule has 0 spiro atoms. The Morgan fingerprint density at radius 2 is 2.35 bits per heavy atom. The standard InChI is InChI=1S/C13H18N2O2/c1-4-17-13(16)10(2)9-15-11(3)12-7-5-6-8-14-12/h5-8,11,15H,2,4,9H2,1,3H3/t11-/m0/s1. The molecule has 0 aliphatic heterocycles. The molecule has 4 nitrogen and oxygen atoms in total. The van der Waals surface area contributed by atoms with Gasteiger partial charge in [-0.25, -0.2) is 4.79 Å². The quantitative estimate of drug-likeness (QED) is 0.603. The lowest BCUT2D eigenvalue weighted by Gasteiger charge is -2.13. The first-order valence-corrected chi connectivity index (χ1v) is 5.64. The van der Waals surface area contributed by atoms with Crippen molar-refractivity contribution >= 4 is 5.97 Å². The third-order valence-corrected chi connectivity index (χ3v) is 2.32. The summed E-state index contributed by atoms with van der Waals surface area (Å²) in [6.07, 6.45) is 1.74. The van der Waals surface area contributed by atoms with E-state index in [1.54, 1.807) is 13.1 Å². The summed E-state index contributed by atoms with van der Waals surface area (Å²) in [7, 11) is 0. The highest BCUT2D eigenvalue weighted by atomic mass is 16.5. The van der Waals surface area contributed by atoms with Crippen molar-refractivity contribution in [2.45, 2.75) is 19.9 Å². The molecule has 0 bridgehead atoms. The fourth-order valence-electron chi connectivity index (χ4n) is 1.32. The molecule has 0 fully saturated rings. The molecule has 1 N–H and O–H groups in total. The predicted octanol–water partition coefficient (Wildman–Crippen LogP) is 1.85. The van der Waals surface area contributed by atoms with Crippen LogP contribution < -0.4 is 5.32 Å². The summed E-state index contributed by atoms with van der Waals surface area (Å²) in [4.78, 5) is 15.5. The first-order chi connectivity index (χ1) is 8.15. The van der Waals surface area contributed by atoms with Crippen LogP contribution in [-0.4, -0.2) is 24.1 Å². The molecule has 92 valence electrons. The lowest BCUT2D eigenvalue weighted by molar-refractivity contribution is -0.138. The highest BCUT2D eigenvalue weighted by Gasteiger charge is 2.10. The second-order valence-corrected chi connectivity index (χ2v) is 3.68. The molecule has 0 radical (unpaired) electrons. The van der Waals surface area contributed by atoms with Gasteiger partial charge >= 0.3 is 5.97 Å². The number of aromatic nitrogens is 1. The van der Waals surface area contributed by atoms with Crippen LogP contribution in [0.15, 0.2) is 36.5 Å². The minimum atomic E-state index is -0.353. The Morgan fingerprint density at radius 3 is 2.94 bits per heavy atom. The van der Waals surface area contributed by atoms with Crippen molar-refractivity contribution < 1.29 is 9.53 Å². The van der Waals surface area contributed by atoms with Crippen LogP contribution in [0.1, 0.15) is 25.6 Å². The Morgan fingerprint density at radius 1 is 1.59 bits per heavy atom. The maximum atomic E-state index is 11.3. The molecule has 0 saturated heterocycles. The molecule has 0 saturated carbocycles. The number of ether oxygens (including phenoxy) is 1. The Hall–Kier alpha value is -1.68. The van der Waals surface area contributed by atoms with Gasteiger partial charge in [0.25, 0.3) is 0 Å². The predicted molar refractivity (Wildman–Crippen MR) is 66.4 cm³/mol. The van der Waals surface area contributed by atoms with E-state index < -0.39 is 0 Å². The highest BCUT2D eigenvalue weighted by Crippen LogP contribution is 2.08. The average Bonchev–Trinajstić information content (AvgIpc) is 2.36. The van der Waals surface area contributed by atoms with Gasteiger partial charge in [-0.3, -0.25) is 4.98 Å². The van der Waals surface area contributed by atoms with Crippen LogP contribution in [0.5, 0.6) is 0 Å². The molecule has 1 rings (SSSR count). The van der Waals surface area contributed by atoms with Gasteiger partial charge in [0, 0.05) is 24.4 Å². The van der Waals surface area contributed by atoms with Crippen LogP contribution in [0, 0.1) is 0 Å². The summed E-state index contributed by atoms with van der Waals surface area (Å²) in [5.41, 5.74) is 1.36. The summed E-state index contributed by atoms with van der Waals surface area (Å²) in [5, 5.41) is 3.18. The van der Waals surface area contributed by atoms with E-state index in [1.165, 1.54) is 0 Å². The molecule has 1 aromatic rings. The van der Waals surface area contributed by atoms with Gasteiger partial charge in [0.05, 0.1) is 12.3 Å². The summed E-state index contributed by atoms with van der Waals surface area (Å²) < 4.78 is 4.85. The molecule has 1 aromatic heterocycles. The van der Waals surface area contributed by atoms with Crippen molar-refractivity contribution in [3.05, 3.63) is 42.2 Å². The summed E-state index contributed by atoms with van der Waals surface area (Å²) in [6.45, 7) is 8.21. The molecule has 1 heterocycles. The number of carbonyl (C=O) groups is 1. The third kappa shape index (κ3) is 4.36. The second kappa shape index (κ2) is 6.81. The lowest BCUT2D eigenvalue weighted by atomic mass is 10.2. The molecule has 0 amide bonds. The molecular weight excluding hydrogens is 216 g/mol. The molecular formula is C13H18N2O2. The molecule has 17 heavy (non-hydrogen) atoms. The number of nitrogens with zero attached hydrogens (tertiary/aromatic N) is 1. The minimum Gasteiger partial charge on any atom is -0.463 e. The van der Waals surface area contributed by atoms with E-state index in [2.05, 4.69) is 16.9 Å². The van der Waals surface area contributed by atoms with Crippen molar-refractivity contribution in [1.29, 1.82) is 0 Å². The number of hydrogen-bond acceptors (Lipinski definition) is 4. The number of nitrogens with one attached hydrogen (secondary N) is 1. The Bertz CT molecular complexity index is 376. The zero-order chi connectivity index (χ0) is 12.7. The topological polar surface area (TPSA) is 51.2 Å². The monoisotopic (exact) mass is 234 g/mol. The number of rotatable bonds is 6. The maximum absolute atomic E-state index is 11.3. The Kier molecular flexibility index (Phi) is 5.36. The highest BCUT2D eigenvalue weighted by molar-refractivity contribution is 5.88. The summed E-state index contributed by atoms with van der Waals surface area (Å²) in [6, 6.07) is 5.81. The first kappa shape index (κ1) is 13.4. The van der Waals surface area contributed by atoms with Crippen LogP contribution in [0.4, 0.5) is 0 Å². The largest absolute Gasteiger partial charge is 0.463 e. The van der Waals surface area contributed by atoms with Gasteiger partial charge in [0.2, 0.25) is 0 Å². The third-order valence-electron chi connectivity index (χ3n) is 2.32.